The Bertz CT molecular complexity index is 876. The summed E-state index contributed by atoms with van der Waals surface area (Å²) in [7, 11) is 0. The Morgan fingerprint density at radius 2 is 2.11 bits per heavy atom. The molecule has 27 heavy (non-hydrogen) atoms. The molecule has 146 valence electrons. The van der Waals surface area contributed by atoms with E-state index in [2.05, 4.69) is 5.32 Å². The number of carbonyl (C=O) groups excluding carboxylic acids is 2. The second-order valence-electron chi connectivity index (χ2n) is 6.75. The molecule has 1 heterocycles. The molecular formula is C18H20F2N2O5. The first-order chi connectivity index (χ1) is 12.8. The number of aliphatic hydroxyl groups is 1. The lowest BCUT2D eigenvalue weighted by Gasteiger charge is -2.15. The molecule has 2 amide bonds. The Labute approximate surface area is 153 Å². The number of halogens is 2. The van der Waals surface area contributed by atoms with E-state index in [0.29, 0.717) is 35.3 Å². The lowest BCUT2D eigenvalue weighted by molar-refractivity contribution is -0.120. The normalized spacial score (nSPS) is 16.3. The van der Waals surface area contributed by atoms with E-state index in [9.17, 15) is 18.4 Å². The van der Waals surface area contributed by atoms with Gasteiger partial charge in [-0.05, 0) is 38.0 Å². The minimum absolute atomic E-state index is 0.108. The van der Waals surface area contributed by atoms with Crippen LogP contribution in [-0.4, -0.2) is 42.6 Å². The molecule has 4 N–H and O–H groups in total. The van der Waals surface area contributed by atoms with E-state index in [1.54, 1.807) is 19.1 Å². The Morgan fingerprint density at radius 1 is 1.41 bits per heavy atom. The summed E-state index contributed by atoms with van der Waals surface area (Å²) in [6, 6.07) is 3.45. The maximum absolute atomic E-state index is 13.0. The van der Waals surface area contributed by atoms with Crippen LogP contribution in [-0.2, 0) is 4.79 Å². The number of nitrogens with two attached hydrogens (primary N) is 1. The number of benzene rings is 1. The third-order valence-electron chi connectivity index (χ3n) is 4.78. The van der Waals surface area contributed by atoms with Crippen LogP contribution in [0.15, 0.2) is 22.6 Å². The molecule has 7 nitrogen and oxygen atoms in total. The van der Waals surface area contributed by atoms with E-state index in [1.807, 2.05) is 0 Å². The molecule has 0 unspecified atom stereocenters. The van der Waals surface area contributed by atoms with Crippen LogP contribution >= 0.6 is 0 Å². The zero-order valence-electron chi connectivity index (χ0n) is 14.6. The SMILES string of the molecule is Cc1oc2ccc(OCC3(C(F)F)CC3)cc2c1C(=O)N[C@@H](CO)C(N)=O. The van der Waals surface area contributed by atoms with E-state index >= 15 is 0 Å². The Hall–Kier alpha value is -2.68. The first-order valence-corrected chi connectivity index (χ1v) is 8.42. The van der Waals surface area contributed by atoms with Crippen molar-refractivity contribution in [3.8, 4) is 5.75 Å². The number of aliphatic hydroxyl groups excluding tert-OH is 1. The smallest absolute Gasteiger partial charge is 0.256 e. The standard InChI is InChI=1S/C18H20F2N2O5/c1-9-14(16(25)22-12(7-23)15(21)24)11-6-10(2-3-13(11)27-9)26-8-18(4-5-18)17(19)20/h2-3,6,12,17,23H,4-5,7-8H2,1H3,(H2,21,24)(H,22,25)/t12-/m0/s1. The molecule has 1 aliphatic rings. The van der Waals surface area contributed by atoms with Gasteiger partial charge in [-0.2, -0.15) is 0 Å². The molecule has 9 heteroatoms. The van der Waals surface area contributed by atoms with Gasteiger partial charge < -0.3 is 25.3 Å². The number of hydrogen-bond donors (Lipinski definition) is 3. The van der Waals surface area contributed by atoms with Crippen molar-refractivity contribution in [1.29, 1.82) is 0 Å². The topological polar surface area (TPSA) is 115 Å². The largest absolute Gasteiger partial charge is 0.493 e. The molecule has 1 fully saturated rings. The van der Waals surface area contributed by atoms with Crippen LogP contribution in [0.25, 0.3) is 11.0 Å². The summed E-state index contributed by atoms with van der Waals surface area (Å²) in [5.41, 5.74) is 4.59. The predicted octanol–water partition coefficient (Wildman–Crippen LogP) is 1.74. The van der Waals surface area contributed by atoms with Crippen molar-refractivity contribution in [1.82, 2.24) is 5.32 Å². The molecule has 0 bridgehead atoms. The van der Waals surface area contributed by atoms with Crippen molar-refractivity contribution in [2.45, 2.75) is 32.2 Å². The highest BCUT2D eigenvalue weighted by Crippen LogP contribution is 2.50. The van der Waals surface area contributed by atoms with Gasteiger partial charge in [0.25, 0.3) is 5.91 Å². The van der Waals surface area contributed by atoms with Gasteiger partial charge >= 0.3 is 0 Å². The van der Waals surface area contributed by atoms with Crippen molar-refractivity contribution < 1.29 is 32.6 Å². The van der Waals surface area contributed by atoms with Crippen LogP contribution in [0.1, 0.15) is 29.0 Å². The van der Waals surface area contributed by atoms with Crippen LogP contribution in [0.3, 0.4) is 0 Å². The van der Waals surface area contributed by atoms with Gasteiger partial charge in [0.1, 0.15) is 23.1 Å². The Kier molecular flexibility index (Phi) is 5.05. The first kappa shape index (κ1) is 19.1. The highest BCUT2D eigenvalue weighted by molar-refractivity contribution is 6.08. The van der Waals surface area contributed by atoms with Gasteiger partial charge in [0, 0.05) is 5.39 Å². The fraction of sp³-hybridized carbons (Fsp3) is 0.444. The minimum atomic E-state index is -2.44. The van der Waals surface area contributed by atoms with Gasteiger partial charge in [0.15, 0.2) is 0 Å². The fourth-order valence-electron chi connectivity index (χ4n) is 2.82. The number of hydrogen-bond acceptors (Lipinski definition) is 5. The van der Waals surface area contributed by atoms with Crippen LogP contribution in [0, 0.1) is 12.3 Å². The summed E-state index contributed by atoms with van der Waals surface area (Å²) in [6.45, 7) is 0.826. The predicted molar refractivity (Wildman–Crippen MR) is 91.7 cm³/mol. The Morgan fingerprint density at radius 3 is 2.67 bits per heavy atom. The van der Waals surface area contributed by atoms with Crippen LogP contribution in [0.4, 0.5) is 8.78 Å². The van der Waals surface area contributed by atoms with Gasteiger partial charge in [-0.15, -0.1) is 0 Å². The van der Waals surface area contributed by atoms with Crippen molar-refractivity contribution >= 4 is 22.8 Å². The zero-order valence-corrected chi connectivity index (χ0v) is 14.6. The van der Waals surface area contributed by atoms with Gasteiger partial charge in [0.05, 0.1) is 24.2 Å². The van der Waals surface area contributed by atoms with Gasteiger partial charge in [-0.25, -0.2) is 8.78 Å². The van der Waals surface area contributed by atoms with E-state index in [4.69, 9.17) is 20.0 Å². The van der Waals surface area contributed by atoms with Crippen LogP contribution in [0.2, 0.25) is 0 Å². The number of fused-ring (bicyclic) bond motifs is 1. The summed E-state index contributed by atoms with van der Waals surface area (Å²) in [5.74, 6) is -0.889. The molecule has 0 spiro atoms. The summed E-state index contributed by atoms with van der Waals surface area (Å²) in [6.07, 6.45) is -1.61. The molecule has 1 aliphatic carbocycles. The molecule has 1 saturated carbocycles. The summed E-state index contributed by atoms with van der Waals surface area (Å²) >= 11 is 0. The summed E-state index contributed by atoms with van der Waals surface area (Å²) in [5, 5.41) is 11.9. The van der Waals surface area contributed by atoms with Crippen molar-refractivity contribution in [2.75, 3.05) is 13.2 Å². The van der Waals surface area contributed by atoms with Gasteiger partial charge in [-0.3, -0.25) is 9.59 Å². The van der Waals surface area contributed by atoms with E-state index < -0.39 is 36.3 Å². The number of nitrogens with one attached hydrogen (secondary N) is 1. The van der Waals surface area contributed by atoms with E-state index in [1.165, 1.54) is 6.07 Å². The van der Waals surface area contributed by atoms with Crippen molar-refractivity contribution in [3.05, 3.63) is 29.5 Å². The maximum Gasteiger partial charge on any atom is 0.256 e. The van der Waals surface area contributed by atoms with Gasteiger partial charge in [0.2, 0.25) is 12.3 Å². The molecule has 0 aliphatic heterocycles. The lowest BCUT2D eigenvalue weighted by Crippen LogP contribution is -2.46. The zero-order chi connectivity index (χ0) is 19.8. The number of furan rings is 1. The number of carbonyl (C=O) groups is 2. The lowest BCUT2D eigenvalue weighted by atomic mass is 10.1. The second kappa shape index (κ2) is 7.15. The maximum atomic E-state index is 13.0. The number of aryl methyl sites for hydroxylation is 1. The molecule has 1 aromatic carbocycles. The van der Waals surface area contributed by atoms with Gasteiger partial charge in [-0.1, -0.05) is 0 Å². The van der Waals surface area contributed by atoms with Crippen molar-refractivity contribution in [2.24, 2.45) is 11.1 Å². The number of amides is 2. The third kappa shape index (κ3) is 3.73. The van der Waals surface area contributed by atoms with Crippen LogP contribution < -0.4 is 15.8 Å². The average molecular weight is 382 g/mol. The summed E-state index contributed by atoms with van der Waals surface area (Å²) in [4.78, 5) is 23.7. The fourth-order valence-corrected chi connectivity index (χ4v) is 2.82. The molecule has 0 radical (unpaired) electrons. The molecule has 0 saturated heterocycles. The molecule has 2 aromatic rings. The van der Waals surface area contributed by atoms with Crippen molar-refractivity contribution in [3.63, 3.8) is 0 Å². The quantitative estimate of drug-likeness (QED) is 0.643. The number of rotatable bonds is 8. The monoisotopic (exact) mass is 382 g/mol. The van der Waals surface area contributed by atoms with E-state index in [0.717, 1.165) is 0 Å². The molecule has 1 atom stereocenters. The Balaban J connectivity index is 1.84. The highest BCUT2D eigenvalue weighted by atomic mass is 19.3. The average Bonchev–Trinajstić information content (AvgIpc) is 3.34. The third-order valence-corrected chi connectivity index (χ3v) is 4.78. The minimum Gasteiger partial charge on any atom is -0.493 e. The molecule has 1 aromatic heterocycles. The van der Waals surface area contributed by atoms with E-state index in [-0.39, 0.29) is 12.2 Å². The number of ether oxygens (including phenoxy) is 1. The summed E-state index contributed by atoms with van der Waals surface area (Å²) < 4.78 is 37.1. The second-order valence-corrected chi connectivity index (χ2v) is 6.75. The highest BCUT2D eigenvalue weighted by Gasteiger charge is 2.52. The number of alkyl halides is 2. The first-order valence-electron chi connectivity index (χ1n) is 8.42. The molecular weight excluding hydrogens is 362 g/mol. The molecule has 3 rings (SSSR count). The number of primary amides is 1. The van der Waals surface area contributed by atoms with Crippen LogP contribution in [0.5, 0.6) is 5.75 Å².